The van der Waals surface area contributed by atoms with Crippen LogP contribution in [0.2, 0.25) is 0 Å². The summed E-state index contributed by atoms with van der Waals surface area (Å²) < 4.78 is 31.6. The first-order valence-electron chi connectivity index (χ1n) is 6.46. The molecule has 0 aliphatic carbocycles. The molecule has 0 atom stereocenters. The first-order chi connectivity index (χ1) is 9.20. The summed E-state index contributed by atoms with van der Waals surface area (Å²) in [4.78, 5) is 2.15. The molecule has 106 valence electrons. The fourth-order valence-electron chi connectivity index (χ4n) is 3.24. The Morgan fingerprint density at radius 3 is 2.55 bits per heavy atom. The van der Waals surface area contributed by atoms with Crippen LogP contribution >= 0.6 is 0 Å². The van der Waals surface area contributed by atoms with Gasteiger partial charge in [-0.2, -0.15) is 8.42 Å². The largest absolute Gasteiger partial charge is 0.373 e. The van der Waals surface area contributed by atoms with E-state index in [0.29, 0.717) is 0 Å². The molecule has 0 fully saturated rings. The lowest BCUT2D eigenvalue weighted by Gasteiger charge is -2.20. The van der Waals surface area contributed by atoms with Crippen molar-refractivity contribution in [1.29, 1.82) is 0 Å². The minimum Gasteiger partial charge on any atom is -0.373 e. The summed E-state index contributed by atoms with van der Waals surface area (Å²) in [5, 5.41) is 1.88. The molecular weight excluding hydrogens is 274 g/mol. The van der Waals surface area contributed by atoms with Gasteiger partial charge in [0.25, 0.3) is 10.1 Å². The summed E-state index contributed by atoms with van der Waals surface area (Å²) in [7, 11) is -2.10. The van der Waals surface area contributed by atoms with Gasteiger partial charge in [0.1, 0.15) is 0 Å². The Morgan fingerprint density at radius 2 is 1.90 bits per heavy atom. The van der Waals surface area contributed by atoms with Crippen molar-refractivity contribution in [2.24, 2.45) is 0 Å². The molecule has 2 aromatic rings. The molecule has 0 aromatic heterocycles. The maximum absolute atomic E-state index is 11.2. The van der Waals surface area contributed by atoms with E-state index in [1.54, 1.807) is 6.07 Å². The topological polar surface area (TPSA) is 57.6 Å². The standard InChI is InChI=1S/C15H17NO3S/c1-15(2)9-16(3)13-7-4-10-8-11(20(17,18)19)5-6-12(10)14(13)15/h4-8H,9H2,1-3H3,(H,17,18,19). The SMILES string of the molecule is CN1CC(C)(C)c2c1ccc1cc(S(=O)(=O)O)ccc21. The number of likely N-dealkylation sites (N-methyl/N-ethyl adjacent to an activating group) is 1. The van der Waals surface area contributed by atoms with Crippen LogP contribution in [0.5, 0.6) is 0 Å². The lowest BCUT2D eigenvalue weighted by molar-refractivity contribution is 0.483. The Labute approximate surface area is 118 Å². The van der Waals surface area contributed by atoms with Crippen molar-refractivity contribution >= 4 is 26.6 Å². The minimum absolute atomic E-state index is 0.0171. The highest BCUT2D eigenvalue weighted by atomic mass is 32.2. The van der Waals surface area contributed by atoms with Crippen molar-refractivity contribution in [3.63, 3.8) is 0 Å². The van der Waals surface area contributed by atoms with Crippen molar-refractivity contribution < 1.29 is 13.0 Å². The van der Waals surface area contributed by atoms with Gasteiger partial charge in [-0.15, -0.1) is 0 Å². The highest BCUT2D eigenvalue weighted by Crippen LogP contribution is 2.44. The van der Waals surface area contributed by atoms with E-state index in [4.69, 9.17) is 4.55 Å². The van der Waals surface area contributed by atoms with Crippen LogP contribution in [0.25, 0.3) is 10.8 Å². The normalized spacial score (nSPS) is 17.5. The van der Waals surface area contributed by atoms with Gasteiger partial charge in [0.05, 0.1) is 4.90 Å². The average molecular weight is 291 g/mol. The third-order valence-corrected chi connectivity index (χ3v) is 4.84. The maximum Gasteiger partial charge on any atom is 0.294 e. The molecule has 0 amide bonds. The van der Waals surface area contributed by atoms with Gasteiger partial charge >= 0.3 is 0 Å². The molecule has 3 rings (SSSR count). The van der Waals surface area contributed by atoms with Crippen LogP contribution in [0, 0.1) is 0 Å². The van der Waals surface area contributed by atoms with Gasteiger partial charge in [-0.05, 0) is 34.5 Å². The molecule has 0 spiro atoms. The number of anilines is 1. The van der Waals surface area contributed by atoms with Gasteiger partial charge in [-0.25, -0.2) is 0 Å². The lowest BCUT2D eigenvalue weighted by atomic mass is 9.84. The van der Waals surface area contributed by atoms with Gasteiger partial charge in [0.15, 0.2) is 0 Å². The van der Waals surface area contributed by atoms with E-state index in [-0.39, 0.29) is 10.3 Å². The van der Waals surface area contributed by atoms with E-state index < -0.39 is 10.1 Å². The number of rotatable bonds is 1. The third kappa shape index (κ3) is 1.89. The zero-order valence-corrected chi connectivity index (χ0v) is 12.5. The summed E-state index contributed by atoms with van der Waals surface area (Å²) >= 11 is 0. The molecule has 1 aliphatic heterocycles. The van der Waals surface area contributed by atoms with E-state index >= 15 is 0 Å². The molecule has 0 bridgehead atoms. The lowest BCUT2D eigenvalue weighted by Crippen LogP contribution is -2.25. The van der Waals surface area contributed by atoms with Crippen LogP contribution in [-0.2, 0) is 15.5 Å². The Bertz CT molecular complexity index is 809. The highest BCUT2D eigenvalue weighted by molar-refractivity contribution is 7.85. The highest BCUT2D eigenvalue weighted by Gasteiger charge is 2.34. The second-order valence-electron chi connectivity index (χ2n) is 6.06. The van der Waals surface area contributed by atoms with E-state index in [0.717, 1.165) is 17.3 Å². The second-order valence-corrected chi connectivity index (χ2v) is 7.48. The van der Waals surface area contributed by atoms with Crippen LogP contribution in [0.4, 0.5) is 5.69 Å². The van der Waals surface area contributed by atoms with Gasteiger partial charge in [-0.3, -0.25) is 4.55 Å². The number of hydrogen-bond donors (Lipinski definition) is 1. The zero-order chi connectivity index (χ0) is 14.7. The Kier molecular flexibility index (Phi) is 2.65. The Balaban J connectivity index is 2.34. The van der Waals surface area contributed by atoms with Gasteiger partial charge < -0.3 is 4.90 Å². The van der Waals surface area contributed by atoms with E-state index in [1.165, 1.54) is 23.4 Å². The average Bonchev–Trinajstić information content (AvgIpc) is 2.58. The Hall–Kier alpha value is -1.59. The van der Waals surface area contributed by atoms with Crippen LogP contribution in [0.15, 0.2) is 35.2 Å². The molecule has 1 aliphatic rings. The molecule has 1 heterocycles. The molecule has 20 heavy (non-hydrogen) atoms. The van der Waals surface area contributed by atoms with Crippen molar-refractivity contribution in [3.05, 3.63) is 35.9 Å². The molecular formula is C15H17NO3S. The smallest absolute Gasteiger partial charge is 0.294 e. The van der Waals surface area contributed by atoms with Crippen molar-refractivity contribution in [1.82, 2.24) is 0 Å². The van der Waals surface area contributed by atoms with Crippen LogP contribution in [0.3, 0.4) is 0 Å². The molecule has 2 aromatic carbocycles. The number of nitrogens with zero attached hydrogens (tertiary/aromatic N) is 1. The molecule has 4 nitrogen and oxygen atoms in total. The summed E-state index contributed by atoms with van der Waals surface area (Å²) in [6, 6.07) is 8.70. The van der Waals surface area contributed by atoms with Gasteiger partial charge in [0, 0.05) is 24.7 Å². The predicted molar refractivity (Wildman–Crippen MR) is 80.1 cm³/mol. The Morgan fingerprint density at radius 1 is 1.20 bits per heavy atom. The molecule has 0 saturated heterocycles. The fourth-order valence-corrected chi connectivity index (χ4v) is 3.76. The summed E-state index contributed by atoms with van der Waals surface area (Å²) in [5.74, 6) is 0. The first kappa shape index (κ1) is 13.4. The van der Waals surface area contributed by atoms with Gasteiger partial charge in [0.2, 0.25) is 0 Å². The van der Waals surface area contributed by atoms with Crippen LogP contribution in [0.1, 0.15) is 19.4 Å². The van der Waals surface area contributed by atoms with Crippen LogP contribution < -0.4 is 4.90 Å². The van der Waals surface area contributed by atoms with E-state index in [2.05, 4.69) is 25.8 Å². The zero-order valence-electron chi connectivity index (χ0n) is 11.7. The number of fused-ring (bicyclic) bond motifs is 3. The predicted octanol–water partition coefficient (Wildman–Crippen LogP) is 2.81. The molecule has 1 N–H and O–H groups in total. The summed E-state index contributed by atoms with van der Waals surface area (Å²) in [6.45, 7) is 5.30. The van der Waals surface area contributed by atoms with Crippen molar-refractivity contribution in [2.45, 2.75) is 24.2 Å². The number of benzene rings is 2. The quantitative estimate of drug-likeness (QED) is 0.821. The van der Waals surface area contributed by atoms with E-state index in [1.807, 2.05) is 12.1 Å². The third-order valence-electron chi connectivity index (χ3n) is 3.99. The maximum atomic E-state index is 11.2. The second kappa shape index (κ2) is 3.96. The minimum atomic E-state index is -4.16. The summed E-state index contributed by atoms with van der Waals surface area (Å²) in [6.07, 6.45) is 0. The van der Waals surface area contributed by atoms with Gasteiger partial charge in [-0.1, -0.05) is 26.0 Å². The van der Waals surface area contributed by atoms with Crippen molar-refractivity contribution in [2.75, 3.05) is 18.5 Å². The monoisotopic (exact) mass is 291 g/mol. The first-order valence-corrected chi connectivity index (χ1v) is 7.90. The molecule has 5 heteroatoms. The molecule has 0 radical (unpaired) electrons. The summed E-state index contributed by atoms with van der Waals surface area (Å²) in [5.41, 5.74) is 2.44. The fraction of sp³-hybridized carbons (Fsp3) is 0.333. The van der Waals surface area contributed by atoms with E-state index in [9.17, 15) is 8.42 Å². The van der Waals surface area contributed by atoms with Crippen molar-refractivity contribution in [3.8, 4) is 0 Å². The van der Waals surface area contributed by atoms with Crippen LogP contribution in [-0.4, -0.2) is 26.6 Å². The number of hydrogen-bond acceptors (Lipinski definition) is 3. The molecule has 0 saturated carbocycles. The molecule has 0 unspecified atom stereocenters.